The van der Waals surface area contributed by atoms with Crippen LogP contribution >= 0.6 is 0 Å². The Kier molecular flexibility index (Phi) is 3.48. The lowest BCUT2D eigenvalue weighted by atomic mass is 10.1. The van der Waals surface area contributed by atoms with Gasteiger partial charge in [0.2, 0.25) is 0 Å². The normalized spacial score (nSPS) is 29.1. The van der Waals surface area contributed by atoms with E-state index in [1.165, 1.54) is 25.7 Å². The van der Waals surface area contributed by atoms with Gasteiger partial charge in [0.05, 0.1) is 0 Å². The van der Waals surface area contributed by atoms with Gasteiger partial charge in [0, 0.05) is 43.2 Å². The molecular formula is C17H25N3O2. The Hall–Kier alpha value is -1.36. The van der Waals surface area contributed by atoms with Gasteiger partial charge in [-0.05, 0) is 46.0 Å². The highest BCUT2D eigenvalue weighted by atomic mass is 16.5. The van der Waals surface area contributed by atoms with Crippen molar-refractivity contribution < 1.29 is 9.32 Å². The summed E-state index contributed by atoms with van der Waals surface area (Å²) in [6.45, 7) is 6.21. The zero-order valence-corrected chi connectivity index (χ0v) is 13.5. The first kappa shape index (κ1) is 14.2. The molecule has 0 radical (unpaired) electrons. The molecule has 3 aliphatic rings. The van der Waals surface area contributed by atoms with E-state index in [2.05, 4.69) is 23.9 Å². The minimum Gasteiger partial charge on any atom is -0.360 e. The van der Waals surface area contributed by atoms with Crippen molar-refractivity contribution in [3.63, 3.8) is 0 Å². The fourth-order valence-electron chi connectivity index (χ4n) is 4.25. The number of fused-ring (bicyclic) bond motifs is 2. The minimum atomic E-state index is 0.0481. The van der Waals surface area contributed by atoms with Gasteiger partial charge >= 0.3 is 0 Å². The summed E-state index contributed by atoms with van der Waals surface area (Å²) in [6, 6.07) is 3.57. The average molecular weight is 303 g/mol. The predicted octanol–water partition coefficient (Wildman–Crippen LogP) is 2.64. The molecule has 2 atom stereocenters. The lowest BCUT2D eigenvalue weighted by Gasteiger charge is -2.32. The highest BCUT2D eigenvalue weighted by molar-refractivity contribution is 5.92. The summed E-state index contributed by atoms with van der Waals surface area (Å²) in [4.78, 5) is 17.4. The van der Waals surface area contributed by atoms with Gasteiger partial charge in [-0.25, -0.2) is 0 Å². The Bertz CT molecular complexity index is 564. The number of rotatable bonds is 3. The molecule has 5 nitrogen and oxygen atoms in total. The molecule has 0 spiro atoms. The van der Waals surface area contributed by atoms with Crippen molar-refractivity contribution in [2.75, 3.05) is 13.1 Å². The van der Waals surface area contributed by atoms with Gasteiger partial charge in [0.25, 0.3) is 5.91 Å². The average Bonchev–Trinajstić information content (AvgIpc) is 3.11. The standard InChI is InChI=1S/C17H25N3O2/c1-11(2)20-13-5-6-14(20)10-19(8-7-13)17(21)15-9-16(22-18-15)12-3-4-12/h9,11-14H,3-8,10H2,1-2H3. The first-order valence-corrected chi connectivity index (χ1v) is 8.67. The second-order valence-corrected chi connectivity index (χ2v) is 7.35. The molecule has 2 aliphatic heterocycles. The summed E-state index contributed by atoms with van der Waals surface area (Å²) in [5, 5.41) is 4.02. The van der Waals surface area contributed by atoms with Crippen LogP contribution in [0.3, 0.4) is 0 Å². The Morgan fingerprint density at radius 2 is 2.00 bits per heavy atom. The predicted molar refractivity (Wildman–Crippen MR) is 82.8 cm³/mol. The van der Waals surface area contributed by atoms with E-state index in [0.717, 1.165) is 25.3 Å². The molecule has 0 N–H and O–H groups in total. The van der Waals surface area contributed by atoms with Gasteiger partial charge in [-0.3, -0.25) is 9.69 Å². The molecule has 5 heteroatoms. The van der Waals surface area contributed by atoms with E-state index in [4.69, 9.17) is 4.52 Å². The maximum absolute atomic E-state index is 12.7. The molecule has 3 fully saturated rings. The third-order valence-corrected chi connectivity index (χ3v) is 5.45. The largest absolute Gasteiger partial charge is 0.360 e. The SMILES string of the molecule is CC(C)N1C2CCC1CN(C(=O)c1cc(C3CC3)on1)CC2. The number of carbonyl (C=O) groups excluding carboxylic acids is 1. The Balaban J connectivity index is 1.49. The molecule has 22 heavy (non-hydrogen) atoms. The highest BCUT2D eigenvalue weighted by Crippen LogP contribution is 2.40. The van der Waals surface area contributed by atoms with Gasteiger partial charge in [-0.2, -0.15) is 0 Å². The Labute approximate surface area is 131 Å². The Morgan fingerprint density at radius 3 is 2.73 bits per heavy atom. The molecule has 4 rings (SSSR count). The first-order chi connectivity index (χ1) is 10.6. The van der Waals surface area contributed by atoms with Crippen LogP contribution in [0.15, 0.2) is 10.6 Å². The van der Waals surface area contributed by atoms with E-state index >= 15 is 0 Å². The summed E-state index contributed by atoms with van der Waals surface area (Å²) in [7, 11) is 0. The van der Waals surface area contributed by atoms with Crippen LogP contribution in [-0.4, -0.2) is 52.1 Å². The third-order valence-electron chi connectivity index (χ3n) is 5.45. The zero-order valence-electron chi connectivity index (χ0n) is 13.5. The van der Waals surface area contributed by atoms with Crippen LogP contribution in [0.4, 0.5) is 0 Å². The maximum atomic E-state index is 12.7. The minimum absolute atomic E-state index is 0.0481. The quantitative estimate of drug-likeness (QED) is 0.861. The summed E-state index contributed by atoms with van der Waals surface area (Å²) in [6.07, 6.45) is 5.90. The van der Waals surface area contributed by atoms with Crippen LogP contribution in [0.5, 0.6) is 0 Å². The van der Waals surface area contributed by atoms with Crippen molar-refractivity contribution in [1.82, 2.24) is 15.0 Å². The summed E-state index contributed by atoms with van der Waals surface area (Å²) in [5.74, 6) is 1.45. The fourth-order valence-corrected chi connectivity index (χ4v) is 4.25. The monoisotopic (exact) mass is 303 g/mol. The number of hydrogen-bond acceptors (Lipinski definition) is 4. The second kappa shape index (κ2) is 5.37. The van der Waals surface area contributed by atoms with E-state index in [1.54, 1.807) is 0 Å². The fraction of sp³-hybridized carbons (Fsp3) is 0.765. The van der Waals surface area contributed by atoms with Crippen LogP contribution in [0.25, 0.3) is 0 Å². The highest BCUT2D eigenvalue weighted by Gasteiger charge is 2.40. The van der Waals surface area contributed by atoms with Gasteiger partial charge < -0.3 is 9.42 Å². The molecule has 2 saturated heterocycles. The van der Waals surface area contributed by atoms with Crippen LogP contribution < -0.4 is 0 Å². The smallest absolute Gasteiger partial charge is 0.276 e. The lowest BCUT2D eigenvalue weighted by molar-refractivity contribution is 0.0718. The maximum Gasteiger partial charge on any atom is 0.276 e. The van der Waals surface area contributed by atoms with Crippen LogP contribution in [0, 0.1) is 0 Å². The molecule has 0 aromatic carbocycles. The van der Waals surface area contributed by atoms with Crippen molar-refractivity contribution >= 4 is 5.91 Å². The molecule has 1 aromatic heterocycles. The number of aromatic nitrogens is 1. The van der Waals surface area contributed by atoms with Gasteiger partial charge in [0.1, 0.15) is 5.76 Å². The number of hydrogen-bond donors (Lipinski definition) is 0. The summed E-state index contributed by atoms with van der Waals surface area (Å²) >= 11 is 0. The number of carbonyl (C=O) groups is 1. The molecule has 3 heterocycles. The molecule has 1 amide bonds. The second-order valence-electron chi connectivity index (χ2n) is 7.35. The number of amides is 1. The van der Waals surface area contributed by atoms with Gasteiger partial charge in [0.15, 0.2) is 5.69 Å². The van der Waals surface area contributed by atoms with Crippen LogP contribution in [0.2, 0.25) is 0 Å². The molecule has 2 unspecified atom stereocenters. The van der Waals surface area contributed by atoms with Gasteiger partial charge in [-0.15, -0.1) is 0 Å². The number of nitrogens with zero attached hydrogens (tertiary/aromatic N) is 3. The molecule has 1 aromatic rings. The van der Waals surface area contributed by atoms with Crippen molar-refractivity contribution in [2.45, 2.75) is 70.0 Å². The lowest BCUT2D eigenvalue weighted by Crippen LogP contribution is -2.44. The van der Waals surface area contributed by atoms with Crippen molar-refractivity contribution in [1.29, 1.82) is 0 Å². The molecular weight excluding hydrogens is 278 g/mol. The van der Waals surface area contributed by atoms with Crippen molar-refractivity contribution in [2.24, 2.45) is 0 Å². The summed E-state index contributed by atoms with van der Waals surface area (Å²) < 4.78 is 5.35. The topological polar surface area (TPSA) is 49.6 Å². The van der Waals surface area contributed by atoms with E-state index in [-0.39, 0.29) is 5.91 Å². The molecule has 120 valence electrons. The Morgan fingerprint density at radius 1 is 1.23 bits per heavy atom. The zero-order chi connectivity index (χ0) is 15.3. The van der Waals surface area contributed by atoms with Crippen LogP contribution in [0.1, 0.15) is 68.1 Å². The van der Waals surface area contributed by atoms with E-state index in [1.807, 2.05) is 11.0 Å². The van der Waals surface area contributed by atoms with Crippen LogP contribution in [-0.2, 0) is 0 Å². The third kappa shape index (κ3) is 2.45. The number of likely N-dealkylation sites (tertiary alicyclic amines) is 1. The molecule has 1 saturated carbocycles. The summed E-state index contributed by atoms with van der Waals surface area (Å²) in [5.41, 5.74) is 0.496. The molecule has 1 aliphatic carbocycles. The van der Waals surface area contributed by atoms with E-state index in [9.17, 15) is 4.79 Å². The first-order valence-electron chi connectivity index (χ1n) is 8.67. The van der Waals surface area contributed by atoms with Crippen molar-refractivity contribution in [3.05, 3.63) is 17.5 Å². The van der Waals surface area contributed by atoms with Gasteiger partial charge in [-0.1, -0.05) is 5.16 Å². The van der Waals surface area contributed by atoms with E-state index < -0.39 is 0 Å². The van der Waals surface area contributed by atoms with Crippen molar-refractivity contribution in [3.8, 4) is 0 Å². The van der Waals surface area contributed by atoms with E-state index in [0.29, 0.717) is 29.7 Å². The molecule has 2 bridgehead atoms.